The van der Waals surface area contributed by atoms with Crippen molar-refractivity contribution in [3.05, 3.63) is 77.1 Å². The van der Waals surface area contributed by atoms with E-state index in [2.05, 4.69) is 11.1 Å². The van der Waals surface area contributed by atoms with Gasteiger partial charge in [0.15, 0.2) is 0 Å². The Balaban J connectivity index is 0.00000316. The highest BCUT2D eigenvalue weighted by Crippen LogP contribution is 2.52. The number of alkyl halides is 2. The Kier molecular flexibility index (Phi) is 6.29. The van der Waals surface area contributed by atoms with Gasteiger partial charge >= 0.3 is 6.61 Å². The third-order valence-corrected chi connectivity index (χ3v) is 8.73. The lowest BCUT2D eigenvalue weighted by molar-refractivity contribution is -0.0507. The van der Waals surface area contributed by atoms with Gasteiger partial charge in [0.1, 0.15) is 17.4 Å². The summed E-state index contributed by atoms with van der Waals surface area (Å²) in [5.41, 5.74) is 8.24. The van der Waals surface area contributed by atoms with Gasteiger partial charge in [-0.2, -0.15) is 14.0 Å². The van der Waals surface area contributed by atoms with Gasteiger partial charge < -0.3 is 19.9 Å². The number of nitrogens with zero attached hydrogens (tertiary/aromatic N) is 5. The van der Waals surface area contributed by atoms with E-state index >= 15 is 4.39 Å². The summed E-state index contributed by atoms with van der Waals surface area (Å²) in [6, 6.07) is 12.9. The number of ether oxygens (including phenoxy) is 1. The molecule has 12 heteroatoms. The van der Waals surface area contributed by atoms with Crippen LogP contribution in [0.25, 0.3) is 22.2 Å². The van der Waals surface area contributed by atoms with Gasteiger partial charge in [0.25, 0.3) is 5.91 Å². The minimum Gasteiger partial charge on any atom is -0.434 e. The number of halogens is 4. The molecule has 2 N–H and O–H groups in total. The fourth-order valence-electron chi connectivity index (χ4n) is 7.01. The topological polar surface area (TPSA) is 110 Å². The number of amides is 1. The third kappa shape index (κ3) is 3.96. The molecule has 2 atom stereocenters. The second kappa shape index (κ2) is 9.44. The number of hydrogen-bond donors (Lipinski definition) is 1. The number of nitrogens with two attached hydrogens (primary N) is 1. The average Bonchev–Trinajstić information content (AvgIpc) is 3.44. The summed E-state index contributed by atoms with van der Waals surface area (Å²) in [5.74, 6) is -0.228. The first-order valence-corrected chi connectivity index (χ1v) is 13.3. The standard InChI is InChI=1S/C30H25F3N6O2.ClH/c1-29(14-34)12-30(35,13-29)25-18(31)8-16(11-36-25)15-6-7-19-20(9-15)39-21-10-22(26(39)37-19)38(2)27(40)17-4-3-5-23(24(17)21)41-28(32)33;/h3-9,11,21-22,28H,10,12-13,35H2,1-2H3;1H/t21-,22-,29?,30?;/m1./s1. The molecular weight excluding hydrogens is 569 g/mol. The molecule has 2 aromatic heterocycles. The highest BCUT2D eigenvalue weighted by atomic mass is 35.5. The smallest absolute Gasteiger partial charge is 0.387 e. The minimum atomic E-state index is -3.05. The lowest BCUT2D eigenvalue weighted by Crippen LogP contribution is -2.54. The summed E-state index contributed by atoms with van der Waals surface area (Å²) in [6.45, 7) is -1.25. The Morgan fingerprint density at radius 3 is 2.62 bits per heavy atom. The summed E-state index contributed by atoms with van der Waals surface area (Å²) < 4.78 is 48.9. The predicted octanol–water partition coefficient (Wildman–Crippen LogP) is 5.86. The summed E-state index contributed by atoms with van der Waals surface area (Å²) in [4.78, 5) is 24.1. The van der Waals surface area contributed by atoms with Crippen LogP contribution in [0.1, 0.15) is 65.7 Å². The zero-order chi connectivity index (χ0) is 28.8. The van der Waals surface area contributed by atoms with E-state index in [1.807, 2.05) is 22.8 Å². The van der Waals surface area contributed by atoms with Crippen molar-refractivity contribution < 1.29 is 22.7 Å². The minimum absolute atomic E-state index is 0. The summed E-state index contributed by atoms with van der Waals surface area (Å²) in [7, 11) is 1.68. The highest BCUT2D eigenvalue weighted by molar-refractivity contribution is 5.98. The summed E-state index contributed by atoms with van der Waals surface area (Å²) in [5, 5.41) is 9.34. The van der Waals surface area contributed by atoms with Crippen LogP contribution in [0, 0.1) is 22.6 Å². The monoisotopic (exact) mass is 594 g/mol. The number of fused-ring (bicyclic) bond motifs is 9. The van der Waals surface area contributed by atoms with Crippen molar-refractivity contribution in [1.29, 1.82) is 5.26 Å². The van der Waals surface area contributed by atoms with E-state index in [4.69, 9.17) is 15.5 Å². The number of imidazole rings is 1. The van der Waals surface area contributed by atoms with E-state index in [0.29, 0.717) is 58.4 Å². The Hall–Kier alpha value is -4.14. The molecular formula is C30H26ClF3N6O2. The Labute approximate surface area is 245 Å². The molecule has 1 aliphatic carbocycles. The Bertz CT molecular complexity index is 1810. The third-order valence-electron chi connectivity index (χ3n) is 8.73. The van der Waals surface area contributed by atoms with Crippen LogP contribution in [-0.2, 0) is 5.54 Å². The molecule has 0 unspecified atom stereocenters. The van der Waals surface area contributed by atoms with Gasteiger partial charge in [-0.05, 0) is 55.7 Å². The van der Waals surface area contributed by atoms with Gasteiger partial charge in [0, 0.05) is 36.4 Å². The lowest BCUT2D eigenvalue weighted by Gasteiger charge is -2.48. The molecule has 2 bridgehead atoms. The van der Waals surface area contributed by atoms with Crippen LogP contribution in [0.5, 0.6) is 5.75 Å². The Morgan fingerprint density at radius 2 is 1.93 bits per heavy atom. The van der Waals surface area contributed by atoms with Crippen molar-refractivity contribution in [3.8, 4) is 22.9 Å². The number of rotatable bonds is 4. The van der Waals surface area contributed by atoms with Crippen molar-refractivity contribution >= 4 is 29.3 Å². The normalized spacial score (nSPS) is 25.8. The fraction of sp³-hybridized carbons (Fsp3) is 0.333. The Morgan fingerprint density at radius 1 is 1.17 bits per heavy atom. The maximum absolute atomic E-state index is 15.3. The molecule has 3 aliphatic rings. The van der Waals surface area contributed by atoms with Crippen LogP contribution in [0.2, 0.25) is 0 Å². The molecule has 1 fully saturated rings. The van der Waals surface area contributed by atoms with Crippen LogP contribution in [0.4, 0.5) is 13.2 Å². The zero-order valence-corrected chi connectivity index (χ0v) is 23.5. The molecule has 1 saturated carbocycles. The van der Waals surface area contributed by atoms with Gasteiger partial charge in [-0.1, -0.05) is 12.1 Å². The number of nitriles is 1. The quantitative estimate of drug-likeness (QED) is 0.317. The van der Waals surface area contributed by atoms with E-state index in [1.165, 1.54) is 18.2 Å². The molecule has 2 aromatic carbocycles. The first-order chi connectivity index (χ1) is 19.5. The van der Waals surface area contributed by atoms with Crippen molar-refractivity contribution in [3.63, 3.8) is 0 Å². The molecule has 8 nitrogen and oxygen atoms in total. The lowest BCUT2D eigenvalue weighted by atomic mass is 9.58. The molecule has 0 radical (unpaired) electrons. The molecule has 216 valence electrons. The van der Waals surface area contributed by atoms with E-state index in [1.54, 1.807) is 31.1 Å². The van der Waals surface area contributed by atoms with Gasteiger partial charge in [-0.25, -0.2) is 9.37 Å². The van der Waals surface area contributed by atoms with E-state index in [-0.39, 0.29) is 35.8 Å². The van der Waals surface area contributed by atoms with Crippen LogP contribution < -0.4 is 10.5 Å². The zero-order valence-electron chi connectivity index (χ0n) is 22.6. The first-order valence-electron chi connectivity index (χ1n) is 13.3. The fourth-order valence-corrected chi connectivity index (χ4v) is 7.01. The molecule has 4 heterocycles. The number of pyridine rings is 1. The predicted molar refractivity (Wildman–Crippen MR) is 150 cm³/mol. The van der Waals surface area contributed by atoms with Crippen LogP contribution in [0.15, 0.2) is 48.7 Å². The van der Waals surface area contributed by atoms with Gasteiger partial charge in [0.05, 0.1) is 45.8 Å². The first kappa shape index (κ1) is 28.0. The maximum Gasteiger partial charge on any atom is 0.387 e. The van der Waals surface area contributed by atoms with E-state index in [9.17, 15) is 18.8 Å². The average molecular weight is 595 g/mol. The van der Waals surface area contributed by atoms with Crippen LogP contribution in [0.3, 0.4) is 0 Å². The number of carbonyl (C=O) groups excluding carboxylic acids is 1. The highest BCUT2D eigenvalue weighted by Gasteiger charge is 2.53. The number of benzene rings is 2. The van der Waals surface area contributed by atoms with Crippen molar-refractivity contribution in [1.82, 2.24) is 19.4 Å². The van der Waals surface area contributed by atoms with Crippen molar-refractivity contribution in [2.75, 3.05) is 7.05 Å². The molecule has 0 spiro atoms. The second-order valence-electron chi connectivity index (χ2n) is 11.6. The van der Waals surface area contributed by atoms with Crippen molar-refractivity contribution in [2.45, 2.75) is 50.4 Å². The molecule has 1 amide bonds. The molecule has 4 aromatic rings. The van der Waals surface area contributed by atoms with Crippen LogP contribution >= 0.6 is 12.4 Å². The van der Waals surface area contributed by atoms with Crippen LogP contribution in [-0.4, -0.2) is 39.0 Å². The van der Waals surface area contributed by atoms with E-state index < -0.39 is 29.4 Å². The molecule has 0 saturated heterocycles. The van der Waals surface area contributed by atoms with Gasteiger partial charge in [-0.3, -0.25) is 9.78 Å². The summed E-state index contributed by atoms with van der Waals surface area (Å²) >= 11 is 0. The van der Waals surface area contributed by atoms with E-state index in [0.717, 1.165) is 0 Å². The number of carbonyl (C=O) groups is 1. The van der Waals surface area contributed by atoms with Gasteiger partial charge in [-0.15, -0.1) is 12.4 Å². The molecule has 42 heavy (non-hydrogen) atoms. The maximum atomic E-state index is 15.3. The number of hydrogen-bond acceptors (Lipinski definition) is 6. The SMILES string of the molecule is CN1C(=O)c2cccc(OC(F)F)c2[C@H]2C[C@@H]1c1nc3ccc(-c4cnc(C5(N)CC(C)(C#N)C5)c(F)c4)cc3n12.Cl. The van der Waals surface area contributed by atoms with Gasteiger partial charge in [0.2, 0.25) is 0 Å². The number of aromatic nitrogens is 3. The molecule has 7 rings (SSSR count). The van der Waals surface area contributed by atoms with Crippen molar-refractivity contribution in [2.24, 2.45) is 11.1 Å². The molecule has 2 aliphatic heterocycles. The summed E-state index contributed by atoms with van der Waals surface area (Å²) in [6.07, 6.45) is 2.67. The second-order valence-corrected chi connectivity index (χ2v) is 11.6. The largest absolute Gasteiger partial charge is 0.434 e.